The summed E-state index contributed by atoms with van der Waals surface area (Å²) in [6.07, 6.45) is 2.53. The highest BCUT2D eigenvalue weighted by Crippen LogP contribution is 2.25. The molecular formula is C17H14F3NO3. The number of carbonyl (C=O) groups is 1. The molecule has 0 saturated carbocycles. The number of halogens is 3. The van der Waals surface area contributed by atoms with Gasteiger partial charge in [-0.2, -0.15) is 0 Å². The molecule has 24 heavy (non-hydrogen) atoms. The Balaban J connectivity index is 2.18. The maximum absolute atomic E-state index is 13.5. The van der Waals surface area contributed by atoms with Crippen LogP contribution in [0, 0.1) is 17.5 Å². The van der Waals surface area contributed by atoms with Crippen LogP contribution in [0.2, 0.25) is 0 Å². The van der Waals surface area contributed by atoms with Crippen molar-refractivity contribution in [2.45, 2.75) is 0 Å². The van der Waals surface area contributed by atoms with Crippen LogP contribution < -0.4 is 14.8 Å². The average molecular weight is 337 g/mol. The summed E-state index contributed by atoms with van der Waals surface area (Å²) in [6, 6.07) is 6.65. The van der Waals surface area contributed by atoms with E-state index in [1.807, 2.05) is 0 Å². The van der Waals surface area contributed by atoms with E-state index in [1.165, 1.54) is 20.3 Å². The first-order valence-electron chi connectivity index (χ1n) is 6.81. The standard InChI is InChI=1S/C17H14F3NO3/c1-23-11-4-7-14(24-2)10(9-11)3-8-15(22)21-13-6-5-12(18)16(19)17(13)20/h3-9H,1-2H3,(H,21,22)/b8-3+. The molecule has 1 N–H and O–H groups in total. The Morgan fingerprint density at radius 1 is 1.04 bits per heavy atom. The van der Waals surface area contributed by atoms with Crippen molar-refractivity contribution in [3.63, 3.8) is 0 Å². The Morgan fingerprint density at radius 3 is 2.46 bits per heavy atom. The summed E-state index contributed by atoms with van der Waals surface area (Å²) < 4.78 is 49.7. The molecule has 126 valence electrons. The molecule has 0 heterocycles. The van der Waals surface area contributed by atoms with E-state index in [1.54, 1.807) is 18.2 Å². The van der Waals surface area contributed by atoms with Crippen molar-refractivity contribution < 1.29 is 27.4 Å². The Bertz CT molecular complexity index is 791. The van der Waals surface area contributed by atoms with Gasteiger partial charge in [-0.05, 0) is 36.4 Å². The second-order valence-electron chi connectivity index (χ2n) is 4.65. The van der Waals surface area contributed by atoms with Crippen molar-refractivity contribution in [3.05, 3.63) is 59.4 Å². The van der Waals surface area contributed by atoms with Crippen LogP contribution in [0.15, 0.2) is 36.4 Å². The Morgan fingerprint density at radius 2 is 1.79 bits per heavy atom. The third-order valence-corrected chi connectivity index (χ3v) is 3.14. The number of nitrogens with one attached hydrogen (secondary N) is 1. The Labute approximate surface area is 136 Å². The van der Waals surface area contributed by atoms with Crippen LogP contribution >= 0.6 is 0 Å². The number of ether oxygens (including phenoxy) is 2. The third kappa shape index (κ3) is 3.87. The summed E-state index contributed by atoms with van der Waals surface area (Å²) in [7, 11) is 2.96. The van der Waals surface area contributed by atoms with Crippen molar-refractivity contribution in [2.75, 3.05) is 19.5 Å². The van der Waals surface area contributed by atoms with E-state index in [4.69, 9.17) is 9.47 Å². The van der Waals surface area contributed by atoms with Crippen LogP contribution in [0.4, 0.5) is 18.9 Å². The molecule has 0 unspecified atom stereocenters. The summed E-state index contributed by atoms with van der Waals surface area (Å²) in [5.74, 6) is -4.10. The van der Waals surface area contributed by atoms with Gasteiger partial charge in [0.15, 0.2) is 17.5 Å². The first-order valence-corrected chi connectivity index (χ1v) is 6.81. The maximum Gasteiger partial charge on any atom is 0.248 e. The average Bonchev–Trinajstić information content (AvgIpc) is 2.60. The third-order valence-electron chi connectivity index (χ3n) is 3.14. The van der Waals surface area contributed by atoms with E-state index in [0.29, 0.717) is 17.1 Å². The molecule has 0 aliphatic rings. The van der Waals surface area contributed by atoms with Crippen LogP contribution in [0.1, 0.15) is 5.56 Å². The maximum atomic E-state index is 13.5. The fourth-order valence-corrected chi connectivity index (χ4v) is 1.93. The zero-order valence-electron chi connectivity index (χ0n) is 12.9. The normalized spacial score (nSPS) is 10.7. The van der Waals surface area contributed by atoms with Crippen molar-refractivity contribution in [1.82, 2.24) is 0 Å². The van der Waals surface area contributed by atoms with Crippen LogP contribution in [0.25, 0.3) is 6.08 Å². The molecule has 0 fully saturated rings. The van der Waals surface area contributed by atoms with Gasteiger partial charge in [0.1, 0.15) is 11.5 Å². The molecule has 0 spiro atoms. The van der Waals surface area contributed by atoms with E-state index >= 15 is 0 Å². The minimum atomic E-state index is -1.65. The molecule has 7 heteroatoms. The minimum absolute atomic E-state index is 0.457. The van der Waals surface area contributed by atoms with Gasteiger partial charge in [0.2, 0.25) is 5.91 Å². The molecule has 2 rings (SSSR count). The smallest absolute Gasteiger partial charge is 0.248 e. The summed E-state index contributed by atoms with van der Waals surface area (Å²) in [5, 5.41) is 2.14. The van der Waals surface area contributed by atoms with Crippen molar-refractivity contribution >= 4 is 17.7 Å². The minimum Gasteiger partial charge on any atom is -0.497 e. The van der Waals surface area contributed by atoms with Crippen molar-refractivity contribution in [2.24, 2.45) is 0 Å². The van der Waals surface area contributed by atoms with E-state index in [-0.39, 0.29) is 0 Å². The first kappa shape index (κ1) is 17.4. The lowest BCUT2D eigenvalue weighted by atomic mass is 10.1. The molecule has 0 aromatic heterocycles. The first-order chi connectivity index (χ1) is 11.5. The molecule has 2 aromatic rings. The molecular weight excluding hydrogens is 323 g/mol. The monoisotopic (exact) mass is 337 g/mol. The van der Waals surface area contributed by atoms with E-state index in [0.717, 1.165) is 18.2 Å². The zero-order valence-corrected chi connectivity index (χ0v) is 12.9. The van der Waals surface area contributed by atoms with Gasteiger partial charge in [0, 0.05) is 11.6 Å². The van der Waals surface area contributed by atoms with Crippen LogP contribution in [0.5, 0.6) is 11.5 Å². The molecule has 4 nitrogen and oxygen atoms in total. The zero-order chi connectivity index (χ0) is 17.7. The number of amides is 1. The lowest BCUT2D eigenvalue weighted by molar-refractivity contribution is -0.111. The SMILES string of the molecule is COc1ccc(OC)c(/C=C/C(=O)Nc2ccc(F)c(F)c2F)c1. The fourth-order valence-electron chi connectivity index (χ4n) is 1.93. The van der Waals surface area contributed by atoms with Crippen molar-refractivity contribution in [3.8, 4) is 11.5 Å². The molecule has 0 atom stereocenters. The lowest BCUT2D eigenvalue weighted by Crippen LogP contribution is -2.10. The van der Waals surface area contributed by atoms with Gasteiger partial charge in [-0.25, -0.2) is 13.2 Å². The van der Waals surface area contributed by atoms with Gasteiger partial charge in [-0.1, -0.05) is 0 Å². The topological polar surface area (TPSA) is 47.6 Å². The van der Waals surface area contributed by atoms with Crippen molar-refractivity contribution in [1.29, 1.82) is 0 Å². The molecule has 0 radical (unpaired) electrons. The molecule has 0 saturated heterocycles. The highest BCUT2D eigenvalue weighted by molar-refractivity contribution is 6.02. The highest BCUT2D eigenvalue weighted by Gasteiger charge is 2.14. The quantitative estimate of drug-likeness (QED) is 0.667. The van der Waals surface area contributed by atoms with E-state index in [2.05, 4.69) is 5.32 Å². The predicted octanol–water partition coefficient (Wildman–Crippen LogP) is 3.77. The number of benzene rings is 2. The molecule has 0 aliphatic carbocycles. The van der Waals surface area contributed by atoms with Crippen LogP contribution in [0.3, 0.4) is 0 Å². The van der Waals surface area contributed by atoms with E-state index < -0.39 is 29.0 Å². The Kier molecular flexibility index (Phi) is 5.47. The number of methoxy groups -OCH3 is 2. The number of hydrogen-bond donors (Lipinski definition) is 1. The summed E-state index contributed by atoms with van der Waals surface area (Å²) in [5.41, 5.74) is 0.0962. The predicted molar refractivity (Wildman–Crippen MR) is 83.5 cm³/mol. The largest absolute Gasteiger partial charge is 0.497 e. The second-order valence-corrected chi connectivity index (χ2v) is 4.65. The lowest BCUT2D eigenvalue weighted by Gasteiger charge is -2.07. The number of carbonyl (C=O) groups excluding carboxylic acids is 1. The van der Waals surface area contributed by atoms with Gasteiger partial charge < -0.3 is 14.8 Å². The molecule has 0 aliphatic heterocycles. The fraction of sp³-hybridized carbons (Fsp3) is 0.118. The van der Waals surface area contributed by atoms with Crippen LogP contribution in [-0.2, 0) is 4.79 Å². The molecule has 1 amide bonds. The van der Waals surface area contributed by atoms with Gasteiger partial charge in [0.25, 0.3) is 0 Å². The van der Waals surface area contributed by atoms with Gasteiger partial charge in [-0.3, -0.25) is 4.79 Å². The van der Waals surface area contributed by atoms with Crippen LogP contribution in [-0.4, -0.2) is 20.1 Å². The summed E-state index contributed by atoms with van der Waals surface area (Å²) in [6.45, 7) is 0. The van der Waals surface area contributed by atoms with Gasteiger partial charge in [0.05, 0.1) is 19.9 Å². The molecule has 0 bridgehead atoms. The second kappa shape index (κ2) is 7.54. The number of anilines is 1. The number of rotatable bonds is 5. The Hall–Kier alpha value is -2.96. The van der Waals surface area contributed by atoms with Gasteiger partial charge in [-0.15, -0.1) is 0 Å². The number of hydrogen-bond acceptors (Lipinski definition) is 3. The van der Waals surface area contributed by atoms with E-state index in [9.17, 15) is 18.0 Å². The highest BCUT2D eigenvalue weighted by atomic mass is 19.2. The summed E-state index contributed by atoms with van der Waals surface area (Å²) in [4.78, 5) is 11.8. The van der Waals surface area contributed by atoms with Gasteiger partial charge >= 0.3 is 0 Å². The summed E-state index contributed by atoms with van der Waals surface area (Å²) >= 11 is 0. The molecule has 2 aromatic carbocycles.